The number of amides is 4. The molecule has 0 bridgehead atoms. The van der Waals surface area contributed by atoms with E-state index in [1.165, 1.54) is 42.4 Å². The Labute approximate surface area is 246 Å². The molecule has 1 aliphatic heterocycles. The second kappa shape index (κ2) is 14.0. The number of benzene rings is 3. The highest BCUT2D eigenvalue weighted by atomic mass is 19.1. The van der Waals surface area contributed by atoms with Crippen LogP contribution in [0.1, 0.15) is 48.0 Å². The summed E-state index contributed by atoms with van der Waals surface area (Å²) in [6.45, 7) is 2.83. The first kappa shape index (κ1) is 29.1. The van der Waals surface area contributed by atoms with Crippen molar-refractivity contribution >= 4 is 29.2 Å². The van der Waals surface area contributed by atoms with E-state index in [1.54, 1.807) is 6.07 Å². The Morgan fingerprint density at radius 3 is 2.24 bits per heavy atom. The van der Waals surface area contributed by atoms with Crippen molar-refractivity contribution in [3.8, 4) is 0 Å². The summed E-state index contributed by atoms with van der Waals surface area (Å²) in [7, 11) is 0. The normalized spacial score (nSPS) is 15.6. The van der Waals surface area contributed by atoms with Gasteiger partial charge in [0.2, 0.25) is 5.91 Å². The summed E-state index contributed by atoms with van der Waals surface area (Å²) < 4.78 is 13.8. The minimum absolute atomic E-state index is 0.0387. The van der Waals surface area contributed by atoms with Crippen LogP contribution in [-0.2, 0) is 11.3 Å². The number of piperazine rings is 1. The van der Waals surface area contributed by atoms with Gasteiger partial charge in [-0.15, -0.1) is 0 Å². The molecule has 5 rings (SSSR count). The van der Waals surface area contributed by atoms with Crippen molar-refractivity contribution < 1.29 is 18.8 Å². The number of nitrogens with one attached hydrogen (secondary N) is 2. The van der Waals surface area contributed by atoms with Gasteiger partial charge in [-0.05, 0) is 60.9 Å². The van der Waals surface area contributed by atoms with Crippen LogP contribution >= 0.6 is 0 Å². The lowest BCUT2D eigenvalue weighted by molar-refractivity contribution is -0.117. The van der Waals surface area contributed by atoms with E-state index in [0.29, 0.717) is 24.8 Å². The van der Waals surface area contributed by atoms with Gasteiger partial charge in [-0.25, -0.2) is 9.18 Å². The number of nitrogens with zero attached hydrogens (tertiary/aromatic N) is 3. The van der Waals surface area contributed by atoms with Crippen LogP contribution in [-0.4, -0.2) is 66.4 Å². The molecule has 42 heavy (non-hydrogen) atoms. The van der Waals surface area contributed by atoms with Crippen molar-refractivity contribution in [2.75, 3.05) is 42.9 Å². The van der Waals surface area contributed by atoms with Crippen molar-refractivity contribution in [1.82, 2.24) is 15.1 Å². The monoisotopic (exact) mass is 571 g/mol. The van der Waals surface area contributed by atoms with E-state index in [9.17, 15) is 18.8 Å². The molecule has 1 saturated heterocycles. The Kier molecular flexibility index (Phi) is 9.69. The first-order valence-corrected chi connectivity index (χ1v) is 14.7. The van der Waals surface area contributed by atoms with Crippen molar-refractivity contribution in [1.29, 1.82) is 0 Å². The summed E-state index contributed by atoms with van der Waals surface area (Å²) in [6, 6.07) is 22.8. The van der Waals surface area contributed by atoms with Gasteiger partial charge in [-0.3, -0.25) is 9.59 Å². The lowest BCUT2D eigenvalue weighted by Gasteiger charge is -2.37. The number of hydrogen-bond donors (Lipinski definition) is 2. The molecule has 0 spiro atoms. The van der Waals surface area contributed by atoms with Crippen LogP contribution in [0.2, 0.25) is 0 Å². The Morgan fingerprint density at radius 2 is 1.55 bits per heavy atom. The van der Waals surface area contributed by atoms with E-state index in [0.717, 1.165) is 37.2 Å². The van der Waals surface area contributed by atoms with Gasteiger partial charge >= 0.3 is 6.03 Å². The number of halogens is 1. The van der Waals surface area contributed by atoms with Gasteiger partial charge in [0.1, 0.15) is 12.4 Å². The number of anilines is 2. The number of rotatable bonds is 8. The average Bonchev–Trinajstić information content (AvgIpc) is 3.02. The van der Waals surface area contributed by atoms with E-state index in [1.807, 2.05) is 59.5 Å². The Morgan fingerprint density at radius 1 is 0.833 bits per heavy atom. The number of hydrogen-bond acceptors (Lipinski definition) is 4. The van der Waals surface area contributed by atoms with Crippen LogP contribution in [0, 0.1) is 5.82 Å². The molecule has 1 saturated carbocycles. The SMILES string of the molecule is O=C(CN(Cc1ccccc1)C(=O)c1cccc(F)c1)Nc1ccc(N2CCN(C(=O)NC3CCCCC3)CC2)cc1. The molecule has 0 aromatic heterocycles. The van der Waals surface area contributed by atoms with E-state index in [-0.39, 0.29) is 30.6 Å². The molecule has 0 unspecified atom stereocenters. The van der Waals surface area contributed by atoms with Gasteiger partial charge in [0.15, 0.2) is 0 Å². The molecule has 2 aliphatic rings. The lowest BCUT2D eigenvalue weighted by atomic mass is 9.96. The third-order valence-electron chi connectivity index (χ3n) is 7.93. The Hall–Kier alpha value is -4.40. The van der Waals surface area contributed by atoms with Crippen LogP contribution < -0.4 is 15.5 Å². The van der Waals surface area contributed by atoms with Crippen LogP contribution in [0.3, 0.4) is 0 Å². The summed E-state index contributed by atoms with van der Waals surface area (Å²) >= 11 is 0. The van der Waals surface area contributed by atoms with Crippen molar-refractivity contribution in [3.63, 3.8) is 0 Å². The topological polar surface area (TPSA) is 85.0 Å². The first-order valence-electron chi connectivity index (χ1n) is 14.7. The predicted molar refractivity (Wildman–Crippen MR) is 162 cm³/mol. The maximum absolute atomic E-state index is 13.8. The van der Waals surface area contributed by atoms with E-state index < -0.39 is 11.7 Å². The summed E-state index contributed by atoms with van der Waals surface area (Å²) in [5.41, 5.74) is 2.69. The maximum atomic E-state index is 13.8. The van der Waals surface area contributed by atoms with Crippen LogP contribution in [0.4, 0.5) is 20.6 Å². The summed E-state index contributed by atoms with van der Waals surface area (Å²) in [5.74, 6) is -1.27. The quantitative estimate of drug-likeness (QED) is 0.386. The molecule has 8 nitrogen and oxygen atoms in total. The van der Waals surface area contributed by atoms with E-state index in [2.05, 4.69) is 15.5 Å². The molecule has 3 aromatic rings. The molecule has 3 aromatic carbocycles. The Balaban J connectivity index is 1.15. The molecule has 1 aliphatic carbocycles. The molecule has 220 valence electrons. The van der Waals surface area contributed by atoms with Crippen LogP contribution in [0.15, 0.2) is 78.9 Å². The molecular weight excluding hydrogens is 533 g/mol. The molecular formula is C33H38FN5O3. The van der Waals surface area contributed by atoms with Crippen LogP contribution in [0.5, 0.6) is 0 Å². The second-order valence-corrected chi connectivity index (χ2v) is 11.0. The zero-order valence-electron chi connectivity index (χ0n) is 23.8. The summed E-state index contributed by atoms with van der Waals surface area (Å²) in [5, 5.41) is 6.08. The molecule has 0 radical (unpaired) electrons. The van der Waals surface area contributed by atoms with Gasteiger partial charge < -0.3 is 25.3 Å². The molecule has 9 heteroatoms. The van der Waals surface area contributed by atoms with Gasteiger partial charge in [-0.1, -0.05) is 55.7 Å². The van der Waals surface area contributed by atoms with Gasteiger partial charge in [0, 0.05) is 55.7 Å². The minimum atomic E-state index is -0.505. The van der Waals surface area contributed by atoms with Gasteiger partial charge in [-0.2, -0.15) is 0 Å². The van der Waals surface area contributed by atoms with Gasteiger partial charge in [0.05, 0.1) is 0 Å². The third-order valence-corrected chi connectivity index (χ3v) is 7.93. The highest BCUT2D eigenvalue weighted by Gasteiger charge is 2.24. The zero-order chi connectivity index (χ0) is 29.3. The summed E-state index contributed by atoms with van der Waals surface area (Å²) in [6.07, 6.45) is 5.78. The fourth-order valence-corrected chi connectivity index (χ4v) is 5.62. The fourth-order valence-electron chi connectivity index (χ4n) is 5.62. The molecule has 2 fully saturated rings. The second-order valence-electron chi connectivity index (χ2n) is 11.0. The van der Waals surface area contributed by atoms with Crippen molar-refractivity contribution in [2.45, 2.75) is 44.7 Å². The largest absolute Gasteiger partial charge is 0.368 e. The maximum Gasteiger partial charge on any atom is 0.317 e. The first-order chi connectivity index (χ1) is 20.4. The zero-order valence-corrected chi connectivity index (χ0v) is 23.8. The van der Waals surface area contributed by atoms with E-state index >= 15 is 0 Å². The highest BCUT2D eigenvalue weighted by molar-refractivity contribution is 5.99. The van der Waals surface area contributed by atoms with Crippen LogP contribution in [0.25, 0.3) is 0 Å². The standard InChI is InChI=1S/C33H38FN5O3/c34-27-11-7-10-26(22-27)32(41)39(23-25-8-3-1-4-9-25)24-31(40)35-29-14-16-30(17-15-29)37-18-20-38(21-19-37)33(42)36-28-12-5-2-6-13-28/h1,3-4,7-11,14-17,22,28H,2,5-6,12-13,18-21,23-24H2,(H,35,40)(H,36,42). The minimum Gasteiger partial charge on any atom is -0.368 e. The highest BCUT2D eigenvalue weighted by Crippen LogP contribution is 2.21. The number of carbonyl (C=O) groups excluding carboxylic acids is 3. The average molecular weight is 572 g/mol. The molecule has 0 atom stereocenters. The molecule has 1 heterocycles. The Bertz CT molecular complexity index is 1350. The lowest BCUT2D eigenvalue weighted by Crippen LogP contribution is -2.53. The molecule has 2 N–H and O–H groups in total. The van der Waals surface area contributed by atoms with E-state index in [4.69, 9.17) is 0 Å². The number of carbonyl (C=O) groups is 3. The van der Waals surface area contributed by atoms with Crippen molar-refractivity contribution in [3.05, 3.63) is 95.8 Å². The third kappa shape index (κ3) is 7.87. The summed E-state index contributed by atoms with van der Waals surface area (Å²) in [4.78, 5) is 44.5. The van der Waals surface area contributed by atoms with Crippen molar-refractivity contribution in [2.24, 2.45) is 0 Å². The number of urea groups is 1. The fraction of sp³-hybridized carbons (Fsp3) is 0.364. The molecule has 4 amide bonds. The smallest absolute Gasteiger partial charge is 0.317 e. The predicted octanol–water partition coefficient (Wildman–Crippen LogP) is 5.27. The van der Waals surface area contributed by atoms with Gasteiger partial charge in [0.25, 0.3) is 5.91 Å².